The van der Waals surface area contributed by atoms with Gasteiger partial charge in [-0.15, -0.1) is 0 Å². The van der Waals surface area contributed by atoms with Crippen molar-refractivity contribution in [1.82, 2.24) is 24.5 Å². The lowest BCUT2D eigenvalue weighted by Gasteiger charge is -2.20. The quantitative estimate of drug-likeness (QED) is 0.854. The minimum Gasteiger partial charge on any atom is -0.338 e. The molecule has 0 saturated heterocycles. The van der Waals surface area contributed by atoms with Crippen molar-refractivity contribution >= 4 is 21.8 Å². The Hall–Kier alpha value is -1.63. The lowest BCUT2D eigenvalue weighted by atomic mass is 10.3. The summed E-state index contributed by atoms with van der Waals surface area (Å²) in [5, 5.41) is 8.60. The zero-order chi connectivity index (χ0) is 14.9. The van der Waals surface area contributed by atoms with Crippen LogP contribution in [0.25, 0.3) is 0 Å². The number of rotatable bonds is 4. The predicted molar refractivity (Wildman–Crippen MR) is 79.1 cm³/mol. The van der Waals surface area contributed by atoms with E-state index in [2.05, 4.69) is 26.1 Å². The number of aryl methyl sites for hydroxylation is 2. The van der Waals surface area contributed by atoms with E-state index in [1.165, 1.54) is 0 Å². The first kappa shape index (κ1) is 14.8. The molecule has 2 aromatic rings. The molecule has 0 fully saturated rings. The minimum absolute atomic E-state index is 0.00523. The van der Waals surface area contributed by atoms with Crippen molar-refractivity contribution in [3.8, 4) is 0 Å². The monoisotopic (exact) mass is 339 g/mol. The van der Waals surface area contributed by atoms with Crippen LogP contribution in [0.15, 0.2) is 22.9 Å². The Balaban J connectivity index is 2.06. The normalized spacial score (nSPS) is 12.4. The van der Waals surface area contributed by atoms with E-state index in [4.69, 9.17) is 0 Å². The average Bonchev–Trinajstić information content (AvgIpc) is 2.94. The Morgan fingerprint density at radius 3 is 2.70 bits per heavy atom. The smallest absolute Gasteiger partial charge is 0.247 e. The van der Waals surface area contributed by atoms with E-state index in [0.29, 0.717) is 6.54 Å². The largest absolute Gasteiger partial charge is 0.338 e. The van der Waals surface area contributed by atoms with Crippen molar-refractivity contribution in [3.05, 3.63) is 34.3 Å². The molecular formula is C13H18BrN5O. The number of amides is 1. The van der Waals surface area contributed by atoms with Gasteiger partial charge < -0.3 is 4.90 Å². The molecule has 0 spiro atoms. The van der Waals surface area contributed by atoms with Crippen LogP contribution in [0.4, 0.5) is 0 Å². The molecule has 2 aromatic heterocycles. The van der Waals surface area contributed by atoms with Crippen molar-refractivity contribution < 1.29 is 4.79 Å². The molecule has 108 valence electrons. The molecule has 6 nitrogen and oxygen atoms in total. The third-order valence-corrected chi connectivity index (χ3v) is 3.93. The van der Waals surface area contributed by atoms with Crippen LogP contribution in [0.5, 0.6) is 0 Å². The fourth-order valence-corrected chi connectivity index (χ4v) is 2.25. The van der Waals surface area contributed by atoms with Gasteiger partial charge in [-0.2, -0.15) is 10.2 Å². The van der Waals surface area contributed by atoms with Crippen LogP contribution in [0, 0.1) is 6.92 Å². The maximum Gasteiger partial charge on any atom is 0.247 e. The molecular weight excluding hydrogens is 322 g/mol. The van der Waals surface area contributed by atoms with Crippen LogP contribution in [-0.2, 0) is 18.4 Å². The van der Waals surface area contributed by atoms with Crippen molar-refractivity contribution in [2.45, 2.75) is 26.4 Å². The number of likely N-dealkylation sites (N-methyl/N-ethyl adjacent to an activating group) is 1. The molecule has 1 unspecified atom stereocenters. The number of carbonyl (C=O) groups is 1. The molecule has 1 amide bonds. The van der Waals surface area contributed by atoms with Crippen molar-refractivity contribution in [2.24, 2.45) is 7.05 Å². The summed E-state index contributed by atoms with van der Waals surface area (Å²) in [6, 6.07) is 1.57. The molecule has 2 heterocycles. The van der Waals surface area contributed by atoms with E-state index < -0.39 is 0 Å². The van der Waals surface area contributed by atoms with E-state index in [0.717, 1.165) is 15.9 Å². The fraction of sp³-hybridized carbons (Fsp3) is 0.462. The van der Waals surface area contributed by atoms with E-state index in [-0.39, 0.29) is 11.9 Å². The fourth-order valence-electron chi connectivity index (χ4n) is 1.96. The number of halogens is 1. The second-order valence-electron chi connectivity index (χ2n) is 4.89. The highest BCUT2D eigenvalue weighted by atomic mass is 79.9. The lowest BCUT2D eigenvalue weighted by Crippen LogP contribution is -2.33. The van der Waals surface area contributed by atoms with Crippen LogP contribution in [-0.4, -0.2) is 37.4 Å². The summed E-state index contributed by atoms with van der Waals surface area (Å²) in [5.41, 5.74) is 1.74. The van der Waals surface area contributed by atoms with Crippen molar-refractivity contribution in [1.29, 1.82) is 0 Å². The predicted octanol–water partition coefficient (Wildman–Crippen LogP) is 1.91. The molecule has 0 N–H and O–H groups in total. The molecule has 0 saturated carbocycles. The zero-order valence-corrected chi connectivity index (χ0v) is 13.6. The summed E-state index contributed by atoms with van der Waals surface area (Å²) in [6.45, 7) is 4.23. The Kier molecular flexibility index (Phi) is 4.27. The topological polar surface area (TPSA) is 56.0 Å². The molecule has 0 aromatic carbocycles. The maximum absolute atomic E-state index is 12.4. The molecule has 0 radical (unpaired) electrons. The van der Waals surface area contributed by atoms with E-state index in [1.807, 2.05) is 39.4 Å². The SMILES string of the molecule is Cc1nn(C(C)C(=O)N(C)Cc2ccn(C)n2)cc1Br. The number of nitrogens with zero attached hydrogens (tertiary/aromatic N) is 5. The number of aromatic nitrogens is 4. The maximum atomic E-state index is 12.4. The summed E-state index contributed by atoms with van der Waals surface area (Å²) in [5.74, 6) is 0.00523. The summed E-state index contributed by atoms with van der Waals surface area (Å²) in [6.07, 6.45) is 3.69. The molecule has 1 atom stereocenters. The number of hydrogen-bond donors (Lipinski definition) is 0. The van der Waals surface area contributed by atoms with Crippen molar-refractivity contribution in [3.63, 3.8) is 0 Å². The highest BCUT2D eigenvalue weighted by Gasteiger charge is 2.21. The average molecular weight is 340 g/mol. The Labute approximate surface area is 126 Å². The van der Waals surface area contributed by atoms with Crippen LogP contribution >= 0.6 is 15.9 Å². The van der Waals surface area contributed by atoms with Gasteiger partial charge in [-0.3, -0.25) is 14.2 Å². The summed E-state index contributed by atoms with van der Waals surface area (Å²) in [4.78, 5) is 14.1. The summed E-state index contributed by atoms with van der Waals surface area (Å²) >= 11 is 3.41. The Morgan fingerprint density at radius 2 is 2.20 bits per heavy atom. The molecule has 0 aliphatic carbocycles. The first-order chi connectivity index (χ1) is 9.38. The van der Waals surface area contributed by atoms with Crippen LogP contribution in [0.1, 0.15) is 24.4 Å². The second kappa shape index (κ2) is 5.78. The van der Waals surface area contributed by atoms with Gasteiger partial charge in [0.15, 0.2) is 0 Å². The standard InChI is InChI=1S/C13H18BrN5O/c1-9-12(14)8-19(15-9)10(2)13(20)17(3)7-11-5-6-18(4)16-11/h5-6,8,10H,7H2,1-4H3. The minimum atomic E-state index is -0.339. The van der Waals surface area contributed by atoms with Gasteiger partial charge in [0.2, 0.25) is 5.91 Å². The van der Waals surface area contributed by atoms with Gasteiger partial charge in [0.1, 0.15) is 6.04 Å². The Morgan fingerprint density at radius 1 is 1.50 bits per heavy atom. The molecule has 2 rings (SSSR count). The molecule has 0 bridgehead atoms. The highest BCUT2D eigenvalue weighted by molar-refractivity contribution is 9.10. The molecule has 20 heavy (non-hydrogen) atoms. The van der Waals surface area contributed by atoms with Crippen molar-refractivity contribution in [2.75, 3.05) is 7.05 Å². The third-order valence-electron chi connectivity index (χ3n) is 3.16. The van der Waals surface area contributed by atoms with Gasteiger partial charge in [-0.1, -0.05) is 0 Å². The Bertz CT molecular complexity index is 599. The van der Waals surface area contributed by atoms with E-state index >= 15 is 0 Å². The van der Waals surface area contributed by atoms with Gasteiger partial charge in [0.25, 0.3) is 0 Å². The lowest BCUT2D eigenvalue weighted by molar-refractivity contribution is -0.133. The van der Waals surface area contributed by atoms with Gasteiger partial charge in [0.05, 0.1) is 22.4 Å². The van der Waals surface area contributed by atoms with E-state index in [1.54, 1.807) is 21.3 Å². The molecule has 0 aliphatic rings. The molecule has 7 heteroatoms. The first-order valence-corrected chi connectivity index (χ1v) is 7.12. The zero-order valence-electron chi connectivity index (χ0n) is 12.0. The van der Waals surface area contributed by atoms with Gasteiger partial charge >= 0.3 is 0 Å². The van der Waals surface area contributed by atoms with Crippen LogP contribution < -0.4 is 0 Å². The first-order valence-electron chi connectivity index (χ1n) is 6.33. The van der Waals surface area contributed by atoms with Gasteiger partial charge in [-0.05, 0) is 35.8 Å². The number of carbonyl (C=O) groups excluding carboxylic acids is 1. The molecule has 0 aliphatic heterocycles. The third kappa shape index (κ3) is 3.09. The number of hydrogen-bond acceptors (Lipinski definition) is 3. The van der Waals surface area contributed by atoms with Crippen LogP contribution in [0.2, 0.25) is 0 Å². The van der Waals surface area contributed by atoms with Gasteiger partial charge in [-0.25, -0.2) is 0 Å². The van der Waals surface area contributed by atoms with Gasteiger partial charge in [0, 0.05) is 26.5 Å². The highest BCUT2D eigenvalue weighted by Crippen LogP contribution is 2.18. The van der Waals surface area contributed by atoms with E-state index in [9.17, 15) is 4.79 Å². The van der Waals surface area contributed by atoms with Crippen LogP contribution in [0.3, 0.4) is 0 Å². The summed E-state index contributed by atoms with van der Waals surface area (Å²) in [7, 11) is 3.64. The second-order valence-corrected chi connectivity index (χ2v) is 5.75. The summed E-state index contributed by atoms with van der Waals surface area (Å²) < 4.78 is 4.31.